The summed E-state index contributed by atoms with van der Waals surface area (Å²) in [5.41, 5.74) is 2.46. The van der Waals surface area contributed by atoms with E-state index in [4.69, 9.17) is 9.47 Å². The molecule has 3 aromatic rings. The number of alkyl carbamates (subject to hydrolysis) is 1. The first-order valence-electron chi connectivity index (χ1n) is 12.3. The number of amides is 2. The Balaban J connectivity index is 1.56. The number of benzene rings is 3. The Morgan fingerprint density at radius 2 is 1.44 bits per heavy atom. The van der Waals surface area contributed by atoms with Crippen molar-refractivity contribution in [2.45, 2.75) is 51.6 Å². The zero-order chi connectivity index (χ0) is 25.5. The molecular formula is C30H34N2O4. The maximum absolute atomic E-state index is 13.6. The molecule has 0 aliphatic carbocycles. The molecule has 1 aliphatic rings. The number of hydrogen-bond donors (Lipinski definition) is 1. The molecule has 0 saturated carbocycles. The normalized spacial score (nSPS) is 18.3. The molecule has 6 heteroatoms. The zero-order valence-corrected chi connectivity index (χ0v) is 21.1. The molecule has 2 amide bonds. The van der Waals surface area contributed by atoms with Crippen LogP contribution in [-0.4, -0.2) is 35.2 Å². The van der Waals surface area contributed by atoms with E-state index >= 15 is 0 Å². The van der Waals surface area contributed by atoms with E-state index in [1.165, 1.54) is 0 Å². The molecule has 1 heterocycles. The highest BCUT2D eigenvalue weighted by atomic mass is 16.6. The number of carbonyl (C=O) groups excluding carboxylic acids is 2. The minimum Gasteiger partial charge on any atom is -0.444 e. The van der Waals surface area contributed by atoms with Crippen LogP contribution in [0.1, 0.15) is 43.5 Å². The Morgan fingerprint density at radius 3 is 2.03 bits per heavy atom. The van der Waals surface area contributed by atoms with Gasteiger partial charge in [-0.2, -0.15) is 0 Å². The van der Waals surface area contributed by atoms with Gasteiger partial charge in [-0.05, 0) is 37.5 Å². The van der Waals surface area contributed by atoms with E-state index in [0.717, 1.165) is 16.7 Å². The van der Waals surface area contributed by atoms with E-state index in [-0.39, 0.29) is 18.6 Å². The quantitative estimate of drug-likeness (QED) is 0.406. The van der Waals surface area contributed by atoms with Crippen molar-refractivity contribution in [1.29, 1.82) is 0 Å². The zero-order valence-electron chi connectivity index (χ0n) is 21.1. The first-order valence-corrected chi connectivity index (χ1v) is 12.3. The molecule has 0 spiro atoms. The second kappa shape index (κ2) is 11.4. The number of β-lactam (4-membered cyclic amide) rings is 1. The Morgan fingerprint density at radius 1 is 0.889 bits per heavy atom. The number of nitrogens with zero attached hydrogens (tertiary/aromatic N) is 1. The van der Waals surface area contributed by atoms with E-state index in [2.05, 4.69) is 5.32 Å². The van der Waals surface area contributed by atoms with Crippen molar-refractivity contribution < 1.29 is 19.1 Å². The number of nitrogens with one attached hydrogen (secondary N) is 1. The van der Waals surface area contributed by atoms with Crippen LogP contribution in [0, 0.1) is 5.92 Å². The van der Waals surface area contributed by atoms with Crippen molar-refractivity contribution in [2.75, 3.05) is 6.61 Å². The molecule has 3 aromatic carbocycles. The fourth-order valence-corrected chi connectivity index (χ4v) is 4.53. The lowest BCUT2D eigenvalue weighted by Crippen LogP contribution is -2.63. The third kappa shape index (κ3) is 6.52. The van der Waals surface area contributed by atoms with Crippen LogP contribution in [0.15, 0.2) is 91.0 Å². The Hall–Kier alpha value is -3.64. The molecule has 0 aromatic heterocycles. The van der Waals surface area contributed by atoms with E-state index < -0.39 is 23.7 Å². The topological polar surface area (TPSA) is 67.9 Å². The van der Waals surface area contributed by atoms with Gasteiger partial charge in [0.25, 0.3) is 0 Å². The summed E-state index contributed by atoms with van der Waals surface area (Å²) in [6.07, 6.45) is -0.558. The van der Waals surface area contributed by atoms with Crippen LogP contribution >= 0.6 is 0 Å². The highest BCUT2D eigenvalue weighted by Crippen LogP contribution is 2.43. The van der Waals surface area contributed by atoms with Crippen LogP contribution in [0.25, 0.3) is 0 Å². The largest absolute Gasteiger partial charge is 0.444 e. The predicted molar refractivity (Wildman–Crippen MR) is 139 cm³/mol. The monoisotopic (exact) mass is 486 g/mol. The molecule has 1 saturated heterocycles. The molecule has 3 atom stereocenters. The Labute approximate surface area is 213 Å². The smallest absolute Gasteiger partial charge is 0.407 e. The van der Waals surface area contributed by atoms with Crippen molar-refractivity contribution in [3.63, 3.8) is 0 Å². The molecule has 4 rings (SSSR count). The van der Waals surface area contributed by atoms with E-state index in [1.807, 2.05) is 117 Å². The number of ether oxygens (including phenoxy) is 2. The maximum Gasteiger partial charge on any atom is 0.407 e. The van der Waals surface area contributed by atoms with Crippen LogP contribution in [0.2, 0.25) is 0 Å². The van der Waals surface area contributed by atoms with Gasteiger partial charge in [-0.25, -0.2) is 4.79 Å². The van der Waals surface area contributed by atoms with Gasteiger partial charge in [0.05, 0.1) is 31.2 Å². The van der Waals surface area contributed by atoms with Crippen molar-refractivity contribution >= 4 is 12.0 Å². The van der Waals surface area contributed by atoms with Gasteiger partial charge in [0.2, 0.25) is 5.91 Å². The highest BCUT2D eigenvalue weighted by molar-refractivity contribution is 5.88. The highest BCUT2D eigenvalue weighted by Gasteiger charge is 2.52. The van der Waals surface area contributed by atoms with Gasteiger partial charge in [0, 0.05) is 6.54 Å². The van der Waals surface area contributed by atoms with E-state index in [0.29, 0.717) is 13.2 Å². The number of carbonyl (C=O) groups is 2. The molecule has 1 fully saturated rings. The fourth-order valence-electron chi connectivity index (χ4n) is 4.53. The van der Waals surface area contributed by atoms with Gasteiger partial charge < -0.3 is 19.7 Å². The summed E-state index contributed by atoms with van der Waals surface area (Å²) in [4.78, 5) is 28.2. The van der Waals surface area contributed by atoms with Crippen molar-refractivity contribution in [3.05, 3.63) is 108 Å². The molecule has 0 unspecified atom stereocenters. The maximum atomic E-state index is 13.6. The third-order valence-electron chi connectivity index (χ3n) is 6.13. The van der Waals surface area contributed by atoms with Crippen LogP contribution < -0.4 is 5.32 Å². The van der Waals surface area contributed by atoms with Crippen molar-refractivity contribution in [2.24, 2.45) is 5.92 Å². The van der Waals surface area contributed by atoms with Gasteiger partial charge in [0.1, 0.15) is 5.60 Å². The van der Waals surface area contributed by atoms with E-state index in [9.17, 15) is 9.59 Å². The fraction of sp³-hybridized carbons (Fsp3) is 0.333. The lowest BCUT2D eigenvalue weighted by molar-refractivity contribution is -0.162. The van der Waals surface area contributed by atoms with Gasteiger partial charge in [-0.1, -0.05) is 91.0 Å². The predicted octanol–water partition coefficient (Wildman–Crippen LogP) is 5.50. The van der Waals surface area contributed by atoms with Crippen LogP contribution in [0.3, 0.4) is 0 Å². The summed E-state index contributed by atoms with van der Waals surface area (Å²) in [6.45, 7) is 6.52. The summed E-state index contributed by atoms with van der Waals surface area (Å²) in [7, 11) is 0. The van der Waals surface area contributed by atoms with Crippen molar-refractivity contribution in [1.82, 2.24) is 10.2 Å². The average Bonchev–Trinajstić information content (AvgIpc) is 2.86. The number of likely N-dealkylation sites (tertiary alicyclic amines) is 1. The molecule has 188 valence electrons. The standard InChI is InChI=1S/C30H34N2O4/c1-30(2,3)36-29(34)31-25(21-35-20-23-15-9-5-10-16-23)26-27(24-17-11-6-12-18-24)32(28(26)33)19-22-13-7-4-8-14-22/h4-18,25-27H,19-21H2,1-3H3,(H,31,34)/t25-,26+,27+/m0/s1. The number of hydrogen-bond acceptors (Lipinski definition) is 4. The molecule has 0 bridgehead atoms. The molecule has 0 radical (unpaired) electrons. The summed E-state index contributed by atoms with van der Waals surface area (Å²) in [5, 5.41) is 2.94. The lowest BCUT2D eigenvalue weighted by Gasteiger charge is -2.50. The minimum atomic E-state index is -0.651. The summed E-state index contributed by atoms with van der Waals surface area (Å²) >= 11 is 0. The molecule has 1 N–H and O–H groups in total. The van der Waals surface area contributed by atoms with Gasteiger partial charge in [-0.15, -0.1) is 0 Å². The second-order valence-corrected chi connectivity index (χ2v) is 10.1. The van der Waals surface area contributed by atoms with E-state index in [1.54, 1.807) is 0 Å². The van der Waals surface area contributed by atoms with Gasteiger partial charge >= 0.3 is 6.09 Å². The molecule has 36 heavy (non-hydrogen) atoms. The minimum absolute atomic E-state index is 0.0166. The molecule has 6 nitrogen and oxygen atoms in total. The van der Waals surface area contributed by atoms with Gasteiger partial charge in [-0.3, -0.25) is 4.79 Å². The SMILES string of the molecule is CC(C)(C)OC(=O)N[C@@H](COCc1ccccc1)[C@H]1C(=O)N(Cc2ccccc2)[C@@H]1c1ccccc1. The molecular weight excluding hydrogens is 452 g/mol. The first kappa shape index (κ1) is 25.5. The Kier molecular flexibility index (Phi) is 8.06. The van der Waals surface area contributed by atoms with Gasteiger partial charge in [0.15, 0.2) is 0 Å². The third-order valence-corrected chi connectivity index (χ3v) is 6.13. The Bertz CT molecular complexity index is 1130. The molecule has 1 aliphatic heterocycles. The average molecular weight is 487 g/mol. The van der Waals surface area contributed by atoms with Crippen molar-refractivity contribution in [3.8, 4) is 0 Å². The lowest BCUT2D eigenvalue weighted by atomic mass is 9.77. The summed E-state index contributed by atoms with van der Waals surface area (Å²) in [6, 6.07) is 29.0. The second-order valence-electron chi connectivity index (χ2n) is 10.1. The number of rotatable bonds is 9. The van der Waals surface area contributed by atoms with Crippen LogP contribution in [0.5, 0.6) is 0 Å². The summed E-state index contributed by atoms with van der Waals surface area (Å²) in [5.74, 6) is -0.489. The summed E-state index contributed by atoms with van der Waals surface area (Å²) < 4.78 is 11.5. The van der Waals surface area contributed by atoms with Crippen LogP contribution in [-0.2, 0) is 27.4 Å². The first-order chi connectivity index (χ1) is 17.3. The van der Waals surface area contributed by atoms with Crippen LogP contribution in [0.4, 0.5) is 4.79 Å².